The highest BCUT2D eigenvalue weighted by Crippen LogP contribution is 2.30. The number of likely N-dealkylation sites (tertiary alicyclic amines) is 1. The molecule has 2 fully saturated rings. The van der Waals surface area contributed by atoms with Crippen molar-refractivity contribution in [2.45, 2.75) is 12.8 Å². The van der Waals surface area contributed by atoms with Crippen LogP contribution in [0.25, 0.3) is 10.6 Å². The quantitative estimate of drug-likeness (QED) is 0.918. The Labute approximate surface area is 152 Å². The van der Waals surface area contributed by atoms with Gasteiger partial charge in [-0.3, -0.25) is 4.79 Å². The van der Waals surface area contributed by atoms with Crippen LogP contribution in [0, 0.1) is 11.8 Å². The average Bonchev–Trinajstić information content (AvgIpc) is 3.27. The molecule has 4 rings (SSSR count). The summed E-state index contributed by atoms with van der Waals surface area (Å²) in [5.41, 5.74) is 1.02. The molecule has 2 aromatic rings. The van der Waals surface area contributed by atoms with E-state index in [1.54, 1.807) is 13.3 Å². The third kappa shape index (κ3) is 3.41. The largest absolute Gasteiger partial charge is 0.497 e. The Morgan fingerprint density at radius 1 is 1.20 bits per heavy atom. The number of benzene rings is 1. The SMILES string of the molecule is COc1ccc(-c2ncc(C(=O)N3CC[C@@H]4CNC[C@@H]4CC3)s2)cc1. The fourth-order valence-corrected chi connectivity index (χ4v) is 4.71. The Morgan fingerprint density at radius 3 is 2.52 bits per heavy atom. The zero-order valence-corrected chi connectivity index (χ0v) is 15.2. The first kappa shape index (κ1) is 16.5. The van der Waals surface area contributed by atoms with E-state index in [-0.39, 0.29) is 5.91 Å². The number of rotatable bonds is 3. The molecule has 2 saturated heterocycles. The third-order valence-corrected chi connectivity index (χ3v) is 6.39. The lowest BCUT2D eigenvalue weighted by atomic mass is 9.92. The molecular weight excluding hydrogens is 334 g/mol. The van der Waals surface area contributed by atoms with Crippen LogP contribution in [0.1, 0.15) is 22.5 Å². The number of methoxy groups -OCH3 is 1. The number of nitrogens with one attached hydrogen (secondary N) is 1. The van der Waals surface area contributed by atoms with Gasteiger partial charge in [0.1, 0.15) is 15.6 Å². The van der Waals surface area contributed by atoms with Crippen molar-refractivity contribution in [3.63, 3.8) is 0 Å². The van der Waals surface area contributed by atoms with Gasteiger partial charge in [0.25, 0.3) is 5.91 Å². The van der Waals surface area contributed by atoms with Crippen LogP contribution in [0.3, 0.4) is 0 Å². The monoisotopic (exact) mass is 357 g/mol. The van der Waals surface area contributed by atoms with Gasteiger partial charge in [-0.1, -0.05) is 0 Å². The van der Waals surface area contributed by atoms with Gasteiger partial charge in [-0.15, -0.1) is 11.3 Å². The van der Waals surface area contributed by atoms with Crippen molar-refractivity contribution >= 4 is 17.2 Å². The van der Waals surface area contributed by atoms with Crippen LogP contribution in [0.2, 0.25) is 0 Å². The van der Waals surface area contributed by atoms with Gasteiger partial charge in [0.2, 0.25) is 0 Å². The zero-order valence-electron chi connectivity index (χ0n) is 14.4. The molecule has 132 valence electrons. The first-order valence-corrected chi connectivity index (χ1v) is 9.66. The Hall–Kier alpha value is -1.92. The maximum absolute atomic E-state index is 12.9. The van der Waals surface area contributed by atoms with Gasteiger partial charge < -0.3 is 15.0 Å². The van der Waals surface area contributed by atoms with Crippen LogP contribution in [0.15, 0.2) is 30.5 Å². The van der Waals surface area contributed by atoms with Crippen molar-refractivity contribution in [1.29, 1.82) is 0 Å². The molecule has 0 aliphatic carbocycles. The summed E-state index contributed by atoms with van der Waals surface area (Å²) in [7, 11) is 1.65. The first-order valence-electron chi connectivity index (χ1n) is 8.85. The molecule has 5 nitrogen and oxygen atoms in total. The van der Waals surface area contributed by atoms with Gasteiger partial charge in [-0.05, 0) is 62.0 Å². The second-order valence-electron chi connectivity index (χ2n) is 6.81. The standard InChI is InChI=1S/C19H23N3O2S/c1-24-16-4-2-13(3-5-16)18-21-12-17(25-18)19(23)22-8-6-14-10-20-11-15(14)7-9-22/h2-5,12,14-15,20H,6-11H2,1H3/t14-,15+. The minimum Gasteiger partial charge on any atom is -0.497 e. The van der Waals surface area contributed by atoms with Crippen molar-refractivity contribution in [2.24, 2.45) is 11.8 Å². The predicted octanol–water partition coefficient (Wildman–Crippen LogP) is 2.89. The maximum atomic E-state index is 12.9. The van der Waals surface area contributed by atoms with E-state index in [0.29, 0.717) is 0 Å². The number of hydrogen-bond acceptors (Lipinski definition) is 5. The van der Waals surface area contributed by atoms with Crippen LogP contribution in [-0.2, 0) is 0 Å². The Bertz CT molecular complexity index is 729. The van der Waals surface area contributed by atoms with Crippen LogP contribution in [-0.4, -0.2) is 49.1 Å². The fourth-order valence-electron chi connectivity index (χ4n) is 3.82. The van der Waals surface area contributed by atoms with Crippen LogP contribution < -0.4 is 10.1 Å². The summed E-state index contributed by atoms with van der Waals surface area (Å²) in [6.45, 7) is 3.93. The predicted molar refractivity (Wildman–Crippen MR) is 99.1 cm³/mol. The topological polar surface area (TPSA) is 54.5 Å². The lowest BCUT2D eigenvalue weighted by Crippen LogP contribution is -2.32. The molecule has 2 atom stereocenters. The van der Waals surface area contributed by atoms with Gasteiger partial charge in [0.15, 0.2) is 0 Å². The Balaban J connectivity index is 1.46. The molecular formula is C19H23N3O2S. The number of amides is 1. The fraction of sp³-hybridized carbons (Fsp3) is 0.474. The van der Waals surface area contributed by atoms with Crippen LogP contribution >= 0.6 is 11.3 Å². The highest BCUT2D eigenvalue weighted by molar-refractivity contribution is 7.16. The summed E-state index contributed by atoms with van der Waals surface area (Å²) >= 11 is 1.47. The van der Waals surface area contributed by atoms with E-state index in [4.69, 9.17) is 4.74 Å². The second kappa shape index (κ2) is 7.14. The number of carbonyl (C=O) groups excluding carboxylic acids is 1. The molecule has 0 bridgehead atoms. The molecule has 1 amide bonds. The molecule has 0 radical (unpaired) electrons. The minimum atomic E-state index is 0.130. The molecule has 1 aromatic heterocycles. The number of carbonyl (C=O) groups is 1. The van der Waals surface area contributed by atoms with Gasteiger partial charge >= 0.3 is 0 Å². The van der Waals surface area contributed by atoms with Crippen molar-refractivity contribution in [2.75, 3.05) is 33.3 Å². The van der Waals surface area contributed by atoms with E-state index in [9.17, 15) is 4.79 Å². The van der Waals surface area contributed by atoms with E-state index in [1.165, 1.54) is 11.3 Å². The molecule has 2 aliphatic rings. The number of fused-ring (bicyclic) bond motifs is 1. The van der Waals surface area contributed by atoms with E-state index >= 15 is 0 Å². The maximum Gasteiger partial charge on any atom is 0.265 e. The van der Waals surface area contributed by atoms with Crippen LogP contribution in [0.5, 0.6) is 5.75 Å². The number of ether oxygens (including phenoxy) is 1. The zero-order chi connectivity index (χ0) is 17.2. The summed E-state index contributed by atoms with van der Waals surface area (Å²) in [5, 5.41) is 4.35. The average molecular weight is 357 g/mol. The normalized spacial score (nSPS) is 23.2. The van der Waals surface area contributed by atoms with Gasteiger partial charge in [-0.25, -0.2) is 4.98 Å². The lowest BCUT2D eigenvalue weighted by Gasteiger charge is -2.19. The summed E-state index contributed by atoms with van der Waals surface area (Å²) in [4.78, 5) is 20.1. The smallest absolute Gasteiger partial charge is 0.265 e. The van der Waals surface area contributed by atoms with Gasteiger partial charge in [0.05, 0.1) is 13.3 Å². The van der Waals surface area contributed by atoms with Gasteiger partial charge in [0, 0.05) is 18.7 Å². The van der Waals surface area contributed by atoms with E-state index in [1.807, 2.05) is 29.2 Å². The molecule has 25 heavy (non-hydrogen) atoms. The number of aromatic nitrogens is 1. The van der Waals surface area contributed by atoms with E-state index in [0.717, 1.165) is 72.1 Å². The molecule has 2 aliphatic heterocycles. The minimum absolute atomic E-state index is 0.130. The molecule has 1 N–H and O–H groups in total. The van der Waals surface area contributed by atoms with Crippen molar-refractivity contribution in [3.8, 4) is 16.3 Å². The molecule has 0 spiro atoms. The van der Waals surface area contributed by atoms with E-state index < -0.39 is 0 Å². The first-order chi connectivity index (χ1) is 12.2. The van der Waals surface area contributed by atoms with Crippen molar-refractivity contribution in [1.82, 2.24) is 15.2 Å². The Morgan fingerprint density at radius 2 is 1.88 bits per heavy atom. The van der Waals surface area contributed by atoms with E-state index in [2.05, 4.69) is 10.3 Å². The third-order valence-electron chi connectivity index (χ3n) is 5.36. The van der Waals surface area contributed by atoms with Crippen molar-refractivity contribution < 1.29 is 9.53 Å². The summed E-state index contributed by atoms with van der Waals surface area (Å²) < 4.78 is 5.19. The number of thiazole rings is 1. The summed E-state index contributed by atoms with van der Waals surface area (Å²) in [6.07, 6.45) is 3.93. The molecule has 0 saturated carbocycles. The number of hydrogen-bond donors (Lipinski definition) is 1. The molecule has 1 aromatic carbocycles. The highest BCUT2D eigenvalue weighted by atomic mass is 32.1. The lowest BCUT2D eigenvalue weighted by molar-refractivity contribution is 0.0763. The van der Waals surface area contributed by atoms with Crippen LogP contribution in [0.4, 0.5) is 0 Å². The summed E-state index contributed by atoms with van der Waals surface area (Å²) in [6, 6.07) is 7.79. The summed E-state index contributed by atoms with van der Waals surface area (Å²) in [5.74, 6) is 2.41. The molecule has 3 heterocycles. The Kier molecular flexibility index (Phi) is 4.72. The highest BCUT2D eigenvalue weighted by Gasteiger charge is 2.32. The second-order valence-corrected chi connectivity index (χ2v) is 7.84. The number of nitrogens with zero attached hydrogens (tertiary/aromatic N) is 2. The van der Waals surface area contributed by atoms with Gasteiger partial charge in [-0.2, -0.15) is 0 Å². The molecule has 0 unspecified atom stereocenters. The molecule has 6 heteroatoms. The van der Waals surface area contributed by atoms with Crippen molar-refractivity contribution in [3.05, 3.63) is 35.3 Å².